The first-order valence-corrected chi connectivity index (χ1v) is 6.00. The highest BCUT2D eigenvalue weighted by Crippen LogP contribution is 2.36. The first-order valence-electron chi connectivity index (χ1n) is 6.00. The molecular formula is C15H11N3O2. The maximum absolute atomic E-state index is 9.15. The number of nitrogens with zero attached hydrogens (tertiary/aromatic N) is 2. The van der Waals surface area contributed by atoms with E-state index in [4.69, 9.17) is 20.1 Å². The Morgan fingerprint density at radius 2 is 2.15 bits per heavy atom. The van der Waals surface area contributed by atoms with Gasteiger partial charge in [-0.15, -0.1) is 0 Å². The van der Waals surface area contributed by atoms with E-state index in [0.717, 1.165) is 10.9 Å². The van der Waals surface area contributed by atoms with E-state index in [0.29, 0.717) is 22.9 Å². The van der Waals surface area contributed by atoms with Gasteiger partial charge in [0.05, 0.1) is 17.3 Å². The average Bonchev–Trinajstić information content (AvgIpc) is 2.80. The van der Waals surface area contributed by atoms with Crippen molar-refractivity contribution in [2.24, 2.45) is 0 Å². The molecule has 1 aromatic carbocycles. The Hall–Kier alpha value is -3.00. The quantitative estimate of drug-likeness (QED) is 0.767. The smallest absolute Gasteiger partial charge is 0.247 e. The van der Waals surface area contributed by atoms with Gasteiger partial charge in [0.2, 0.25) is 11.6 Å². The summed E-state index contributed by atoms with van der Waals surface area (Å²) in [5, 5.41) is 9.88. The Morgan fingerprint density at radius 1 is 1.35 bits per heavy atom. The van der Waals surface area contributed by atoms with Crippen molar-refractivity contribution in [3.8, 4) is 17.7 Å². The number of nitriles is 1. The monoisotopic (exact) mass is 265 g/mol. The van der Waals surface area contributed by atoms with E-state index in [-0.39, 0.29) is 5.76 Å². The van der Waals surface area contributed by atoms with Gasteiger partial charge in [-0.2, -0.15) is 5.26 Å². The van der Waals surface area contributed by atoms with E-state index < -0.39 is 0 Å². The summed E-state index contributed by atoms with van der Waals surface area (Å²) >= 11 is 0. The maximum Gasteiger partial charge on any atom is 0.247 e. The fourth-order valence-electron chi connectivity index (χ4n) is 1.98. The fourth-order valence-corrected chi connectivity index (χ4v) is 1.98. The van der Waals surface area contributed by atoms with Crippen molar-refractivity contribution in [3.05, 3.63) is 47.9 Å². The lowest BCUT2D eigenvalue weighted by Crippen LogP contribution is -1.94. The summed E-state index contributed by atoms with van der Waals surface area (Å²) < 4.78 is 11.2. The van der Waals surface area contributed by atoms with Gasteiger partial charge in [0.1, 0.15) is 11.7 Å². The van der Waals surface area contributed by atoms with Crippen LogP contribution in [0.3, 0.4) is 0 Å². The van der Waals surface area contributed by atoms with Crippen molar-refractivity contribution >= 4 is 16.7 Å². The minimum absolute atomic E-state index is 0.129. The number of aryl methyl sites for hydroxylation is 1. The zero-order chi connectivity index (χ0) is 14.1. The van der Waals surface area contributed by atoms with Crippen LogP contribution in [0.25, 0.3) is 11.0 Å². The third kappa shape index (κ3) is 1.93. The lowest BCUT2D eigenvalue weighted by atomic mass is 10.2. The topological polar surface area (TPSA) is 85.1 Å². The second kappa shape index (κ2) is 4.59. The lowest BCUT2D eigenvalue weighted by Gasteiger charge is -2.06. The molecule has 5 nitrogen and oxygen atoms in total. The number of benzene rings is 1. The Balaban J connectivity index is 2.12. The lowest BCUT2D eigenvalue weighted by molar-refractivity contribution is 0.447. The third-order valence-corrected chi connectivity index (χ3v) is 2.90. The van der Waals surface area contributed by atoms with E-state index in [1.54, 1.807) is 12.1 Å². The molecule has 0 aliphatic heterocycles. The number of nitrogens with two attached hydrogens (primary N) is 1. The first kappa shape index (κ1) is 12.1. The number of aromatic nitrogens is 1. The molecule has 0 bridgehead atoms. The van der Waals surface area contributed by atoms with Crippen molar-refractivity contribution in [1.29, 1.82) is 5.26 Å². The molecule has 0 spiro atoms. The van der Waals surface area contributed by atoms with E-state index in [9.17, 15) is 0 Å². The number of nitrogen functional groups attached to an aromatic ring is 1. The molecule has 0 saturated carbocycles. The normalized spacial score (nSPS) is 10.4. The molecule has 2 heterocycles. The van der Waals surface area contributed by atoms with Crippen molar-refractivity contribution in [2.75, 3.05) is 5.73 Å². The number of para-hydroxylation sites is 1. The molecule has 98 valence electrons. The predicted octanol–water partition coefficient (Wildman–Crippen LogP) is 3.38. The third-order valence-electron chi connectivity index (χ3n) is 2.90. The minimum Gasteiger partial charge on any atom is -0.442 e. The zero-order valence-corrected chi connectivity index (χ0v) is 10.8. The molecule has 0 radical (unpaired) electrons. The van der Waals surface area contributed by atoms with E-state index in [1.165, 1.54) is 6.20 Å². The van der Waals surface area contributed by atoms with Gasteiger partial charge in [0, 0.05) is 5.56 Å². The van der Waals surface area contributed by atoms with Crippen LogP contribution in [-0.4, -0.2) is 4.98 Å². The summed E-state index contributed by atoms with van der Waals surface area (Å²) in [6.45, 7) is 1.84. The molecule has 2 aromatic heterocycles. The molecule has 0 amide bonds. The van der Waals surface area contributed by atoms with Crippen LogP contribution in [0.5, 0.6) is 11.6 Å². The van der Waals surface area contributed by atoms with Crippen molar-refractivity contribution in [2.45, 2.75) is 6.92 Å². The highest BCUT2D eigenvalue weighted by atomic mass is 16.5. The summed E-state index contributed by atoms with van der Waals surface area (Å²) in [4.78, 5) is 4.14. The van der Waals surface area contributed by atoms with Gasteiger partial charge in [-0.05, 0) is 25.1 Å². The standard InChI is InChI=1S/C15H11N3O2/c1-9-6-10(17)8-18-15(9)20-14-11-4-2-3-5-12(11)19-13(14)7-16/h2-6,8H,17H2,1H3. The van der Waals surface area contributed by atoms with Crippen LogP contribution in [0.2, 0.25) is 0 Å². The predicted molar refractivity (Wildman–Crippen MR) is 74.4 cm³/mol. The van der Waals surface area contributed by atoms with Gasteiger partial charge >= 0.3 is 0 Å². The highest BCUT2D eigenvalue weighted by molar-refractivity contribution is 5.86. The van der Waals surface area contributed by atoms with E-state index >= 15 is 0 Å². The van der Waals surface area contributed by atoms with Crippen LogP contribution in [0.4, 0.5) is 5.69 Å². The van der Waals surface area contributed by atoms with Gasteiger partial charge in [-0.25, -0.2) is 4.98 Å². The summed E-state index contributed by atoms with van der Waals surface area (Å²) in [5.74, 6) is 0.912. The molecule has 0 saturated heterocycles. The zero-order valence-electron chi connectivity index (χ0n) is 10.8. The van der Waals surface area contributed by atoms with Crippen LogP contribution in [0.15, 0.2) is 40.9 Å². The second-order valence-electron chi connectivity index (χ2n) is 4.36. The van der Waals surface area contributed by atoms with Crippen LogP contribution in [-0.2, 0) is 0 Å². The highest BCUT2D eigenvalue weighted by Gasteiger charge is 2.17. The fraction of sp³-hybridized carbons (Fsp3) is 0.0667. The second-order valence-corrected chi connectivity index (χ2v) is 4.36. The van der Waals surface area contributed by atoms with E-state index in [1.807, 2.05) is 31.2 Å². The van der Waals surface area contributed by atoms with Crippen molar-refractivity contribution < 1.29 is 9.15 Å². The van der Waals surface area contributed by atoms with Gasteiger partial charge in [-0.1, -0.05) is 12.1 Å². The number of fused-ring (bicyclic) bond motifs is 1. The van der Waals surface area contributed by atoms with Crippen LogP contribution < -0.4 is 10.5 Å². The molecule has 0 atom stereocenters. The molecule has 5 heteroatoms. The Labute approximate surface area is 115 Å². The molecule has 20 heavy (non-hydrogen) atoms. The maximum atomic E-state index is 9.15. The number of furan rings is 1. The number of ether oxygens (including phenoxy) is 1. The van der Waals surface area contributed by atoms with Gasteiger partial charge in [-0.3, -0.25) is 0 Å². The van der Waals surface area contributed by atoms with Crippen LogP contribution >= 0.6 is 0 Å². The molecule has 3 aromatic rings. The van der Waals surface area contributed by atoms with Crippen LogP contribution in [0, 0.1) is 18.3 Å². The van der Waals surface area contributed by atoms with Crippen LogP contribution in [0.1, 0.15) is 11.3 Å². The molecule has 0 aliphatic carbocycles. The SMILES string of the molecule is Cc1cc(N)cnc1Oc1c(C#N)oc2ccccc12. The Morgan fingerprint density at radius 3 is 2.90 bits per heavy atom. The molecule has 0 fully saturated rings. The summed E-state index contributed by atoms with van der Waals surface area (Å²) in [6.07, 6.45) is 1.51. The summed E-state index contributed by atoms with van der Waals surface area (Å²) in [5.41, 5.74) is 7.62. The summed E-state index contributed by atoms with van der Waals surface area (Å²) in [6, 6.07) is 11.1. The number of anilines is 1. The van der Waals surface area contributed by atoms with Crippen molar-refractivity contribution in [3.63, 3.8) is 0 Å². The molecule has 0 unspecified atom stereocenters. The average molecular weight is 265 g/mol. The first-order chi connectivity index (χ1) is 9.69. The Kier molecular flexibility index (Phi) is 2.77. The number of hydrogen-bond donors (Lipinski definition) is 1. The number of hydrogen-bond acceptors (Lipinski definition) is 5. The number of rotatable bonds is 2. The number of pyridine rings is 1. The van der Waals surface area contributed by atoms with Crippen molar-refractivity contribution in [1.82, 2.24) is 4.98 Å². The molecule has 3 rings (SSSR count). The molecule has 0 aliphatic rings. The minimum atomic E-state index is 0.129. The van der Waals surface area contributed by atoms with Gasteiger partial charge in [0.15, 0.2) is 5.75 Å². The molecular weight excluding hydrogens is 254 g/mol. The molecule has 2 N–H and O–H groups in total. The summed E-state index contributed by atoms with van der Waals surface area (Å²) in [7, 11) is 0. The largest absolute Gasteiger partial charge is 0.442 e. The van der Waals surface area contributed by atoms with Gasteiger partial charge < -0.3 is 14.9 Å². The van der Waals surface area contributed by atoms with E-state index in [2.05, 4.69) is 4.98 Å². The van der Waals surface area contributed by atoms with Gasteiger partial charge in [0.25, 0.3) is 0 Å². The Bertz CT molecular complexity index is 831.